The van der Waals surface area contributed by atoms with Crippen molar-refractivity contribution in [1.29, 1.82) is 0 Å². The Hall–Kier alpha value is -3.28. The lowest BCUT2D eigenvalue weighted by molar-refractivity contribution is 0.306. The summed E-state index contributed by atoms with van der Waals surface area (Å²) in [7, 11) is 0. The average Bonchev–Trinajstić information content (AvgIpc) is 3.31. The van der Waals surface area contributed by atoms with E-state index in [1.165, 1.54) is 0 Å². The summed E-state index contributed by atoms with van der Waals surface area (Å²) in [6, 6.07) is 16.2. The Balaban J connectivity index is 1.48. The maximum absolute atomic E-state index is 5.91. The van der Waals surface area contributed by atoms with Crippen LogP contribution in [0.3, 0.4) is 0 Å². The zero-order valence-electron chi connectivity index (χ0n) is 13.7. The molecule has 1 aromatic heterocycles. The molecule has 0 saturated heterocycles. The van der Waals surface area contributed by atoms with Gasteiger partial charge in [0, 0.05) is 29.2 Å². The fourth-order valence-electron chi connectivity index (χ4n) is 2.69. The molecule has 0 radical (unpaired) electrons. The smallest absolute Gasteiger partial charge is 0.212 e. The summed E-state index contributed by atoms with van der Waals surface area (Å²) in [5.74, 6) is 1.54. The second-order valence-electron chi connectivity index (χ2n) is 5.75. The van der Waals surface area contributed by atoms with Crippen molar-refractivity contribution < 1.29 is 4.74 Å². The van der Waals surface area contributed by atoms with E-state index in [4.69, 9.17) is 4.74 Å². The Labute approximate surface area is 145 Å². The molecular weight excluding hydrogens is 314 g/mol. The third-order valence-electron chi connectivity index (χ3n) is 3.98. The van der Waals surface area contributed by atoms with Gasteiger partial charge in [-0.15, -0.1) is 0 Å². The number of rotatable bonds is 5. The monoisotopic (exact) mass is 333 g/mol. The summed E-state index contributed by atoms with van der Waals surface area (Å²) >= 11 is 0. The Bertz CT molecular complexity index is 914. The van der Waals surface area contributed by atoms with Crippen LogP contribution >= 0.6 is 0 Å². The molecule has 3 N–H and O–H groups in total. The molecule has 0 amide bonds. The van der Waals surface area contributed by atoms with Gasteiger partial charge in [0.1, 0.15) is 12.4 Å². The number of fused-ring (bicyclic) bond motifs is 1. The van der Waals surface area contributed by atoms with Gasteiger partial charge in [-0.1, -0.05) is 30.3 Å². The number of benzene rings is 2. The van der Waals surface area contributed by atoms with Gasteiger partial charge in [0.15, 0.2) is 0 Å². The minimum absolute atomic E-state index is 0.549. The maximum atomic E-state index is 5.91. The van der Waals surface area contributed by atoms with Crippen LogP contribution in [-0.4, -0.2) is 30.2 Å². The van der Waals surface area contributed by atoms with E-state index >= 15 is 0 Å². The van der Waals surface area contributed by atoms with Crippen LogP contribution in [0.4, 0.5) is 0 Å². The number of nitrogens with one attached hydrogen (secondary N) is 3. The number of guanidine groups is 1. The van der Waals surface area contributed by atoms with E-state index in [0.717, 1.165) is 40.9 Å². The van der Waals surface area contributed by atoms with Crippen LogP contribution in [0.15, 0.2) is 64.8 Å². The summed E-state index contributed by atoms with van der Waals surface area (Å²) in [4.78, 5) is 7.48. The van der Waals surface area contributed by atoms with Crippen molar-refractivity contribution in [3.63, 3.8) is 0 Å². The van der Waals surface area contributed by atoms with Crippen molar-refractivity contribution in [2.75, 3.05) is 13.1 Å². The first kappa shape index (κ1) is 15.3. The second-order valence-corrected chi connectivity index (χ2v) is 5.75. The topological polar surface area (TPSA) is 73.8 Å². The van der Waals surface area contributed by atoms with E-state index in [-0.39, 0.29) is 0 Å². The molecule has 2 aromatic carbocycles. The minimum atomic E-state index is 0.549. The lowest BCUT2D eigenvalue weighted by Crippen LogP contribution is -2.30. The van der Waals surface area contributed by atoms with Gasteiger partial charge in [-0.25, -0.2) is 10.4 Å². The average molecular weight is 333 g/mol. The third-order valence-corrected chi connectivity index (χ3v) is 3.98. The number of H-pyrrole nitrogens is 1. The van der Waals surface area contributed by atoms with E-state index in [9.17, 15) is 0 Å². The van der Waals surface area contributed by atoms with Crippen LogP contribution in [0.1, 0.15) is 11.1 Å². The fourth-order valence-corrected chi connectivity index (χ4v) is 2.69. The largest absolute Gasteiger partial charge is 0.489 e. The van der Waals surface area contributed by atoms with Crippen molar-refractivity contribution in [1.82, 2.24) is 15.7 Å². The first-order valence-corrected chi connectivity index (χ1v) is 8.24. The number of hydrogen-bond donors (Lipinski definition) is 3. The number of aromatic amines is 1. The number of nitrogens with zero attached hydrogens (tertiary/aromatic N) is 2. The van der Waals surface area contributed by atoms with Crippen LogP contribution in [-0.2, 0) is 6.61 Å². The first-order chi connectivity index (χ1) is 12.4. The number of aliphatic imine (C=N–C) groups is 1. The molecule has 0 spiro atoms. The van der Waals surface area contributed by atoms with E-state index in [2.05, 4.69) is 38.0 Å². The van der Waals surface area contributed by atoms with Gasteiger partial charge in [0.05, 0.1) is 12.8 Å². The van der Waals surface area contributed by atoms with Crippen molar-refractivity contribution >= 4 is 23.1 Å². The molecule has 2 heterocycles. The number of ether oxygens (including phenoxy) is 1. The quantitative estimate of drug-likeness (QED) is 0.496. The SMILES string of the molecule is C(=N\NC1=NCCN1)/c1c[nH]c2ccc(OCc3ccccc3)cc12. The third kappa shape index (κ3) is 3.63. The first-order valence-electron chi connectivity index (χ1n) is 8.24. The predicted molar refractivity (Wildman–Crippen MR) is 100 cm³/mol. The van der Waals surface area contributed by atoms with Crippen LogP contribution in [0.5, 0.6) is 5.75 Å². The van der Waals surface area contributed by atoms with Crippen LogP contribution < -0.4 is 15.5 Å². The van der Waals surface area contributed by atoms with Crippen LogP contribution in [0, 0.1) is 0 Å². The predicted octanol–water partition coefficient (Wildman–Crippen LogP) is 2.63. The van der Waals surface area contributed by atoms with Crippen molar-refractivity contribution in [2.45, 2.75) is 6.61 Å². The molecule has 0 aliphatic carbocycles. The highest BCUT2D eigenvalue weighted by atomic mass is 16.5. The lowest BCUT2D eigenvalue weighted by Gasteiger charge is -2.06. The maximum Gasteiger partial charge on any atom is 0.212 e. The van der Waals surface area contributed by atoms with Gasteiger partial charge in [0.25, 0.3) is 0 Å². The van der Waals surface area contributed by atoms with Gasteiger partial charge in [-0.2, -0.15) is 5.10 Å². The molecule has 0 fully saturated rings. The zero-order chi connectivity index (χ0) is 16.9. The Morgan fingerprint density at radius 3 is 2.96 bits per heavy atom. The molecule has 0 unspecified atom stereocenters. The molecule has 1 aliphatic rings. The number of hydrazone groups is 1. The molecule has 3 aromatic rings. The Morgan fingerprint density at radius 1 is 1.20 bits per heavy atom. The molecule has 6 heteroatoms. The van der Waals surface area contributed by atoms with Gasteiger partial charge in [0.2, 0.25) is 5.96 Å². The molecule has 0 saturated carbocycles. The van der Waals surface area contributed by atoms with Crippen molar-refractivity contribution in [3.05, 3.63) is 65.9 Å². The Kier molecular flexibility index (Phi) is 4.33. The van der Waals surface area contributed by atoms with E-state index in [0.29, 0.717) is 12.6 Å². The highest BCUT2D eigenvalue weighted by Crippen LogP contribution is 2.23. The second kappa shape index (κ2) is 7.09. The van der Waals surface area contributed by atoms with Crippen molar-refractivity contribution in [2.24, 2.45) is 10.1 Å². The van der Waals surface area contributed by atoms with Gasteiger partial charge < -0.3 is 15.0 Å². The molecule has 4 rings (SSSR count). The van der Waals surface area contributed by atoms with Gasteiger partial charge in [-0.3, -0.25) is 0 Å². The normalized spacial score (nSPS) is 13.8. The number of aromatic nitrogens is 1. The Morgan fingerprint density at radius 2 is 2.12 bits per heavy atom. The lowest BCUT2D eigenvalue weighted by atomic mass is 10.2. The summed E-state index contributed by atoms with van der Waals surface area (Å²) in [5, 5.41) is 8.42. The highest BCUT2D eigenvalue weighted by Gasteiger charge is 2.05. The minimum Gasteiger partial charge on any atom is -0.489 e. The van der Waals surface area contributed by atoms with Gasteiger partial charge in [-0.05, 0) is 23.8 Å². The summed E-state index contributed by atoms with van der Waals surface area (Å²) in [6.45, 7) is 2.19. The summed E-state index contributed by atoms with van der Waals surface area (Å²) in [5.41, 5.74) is 6.09. The van der Waals surface area contributed by atoms with Gasteiger partial charge >= 0.3 is 0 Å². The fraction of sp³-hybridized carbons (Fsp3) is 0.158. The number of hydrogen-bond acceptors (Lipinski definition) is 5. The van der Waals surface area contributed by atoms with Crippen molar-refractivity contribution in [3.8, 4) is 5.75 Å². The standard InChI is InChI=1S/C19H19N5O/c1-2-4-14(5-3-1)13-25-16-6-7-18-17(10-16)15(11-22-18)12-23-24-19-20-8-9-21-19/h1-7,10-12,22H,8-9,13H2,(H2,20,21,24)/b23-12+. The summed E-state index contributed by atoms with van der Waals surface area (Å²) in [6.07, 6.45) is 3.71. The molecule has 25 heavy (non-hydrogen) atoms. The van der Waals surface area contributed by atoms with Crippen LogP contribution in [0.25, 0.3) is 10.9 Å². The van der Waals surface area contributed by atoms with E-state index < -0.39 is 0 Å². The summed E-state index contributed by atoms with van der Waals surface area (Å²) < 4.78 is 5.91. The highest BCUT2D eigenvalue weighted by molar-refractivity contribution is 5.99. The molecular formula is C19H19N5O. The van der Waals surface area contributed by atoms with Crippen LogP contribution in [0.2, 0.25) is 0 Å². The van der Waals surface area contributed by atoms with E-state index in [1.54, 1.807) is 6.21 Å². The zero-order valence-corrected chi connectivity index (χ0v) is 13.7. The molecule has 1 aliphatic heterocycles. The molecule has 0 atom stereocenters. The molecule has 126 valence electrons. The molecule has 6 nitrogen and oxygen atoms in total. The molecule has 0 bridgehead atoms. The van der Waals surface area contributed by atoms with E-state index in [1.807, 2.05) is 42.6 Å².